The van der Waals surface area contributed by atoms with Crippen molar-refractivity contribution in [3.05, 3.63) is 69.2 Å². The van der Waals surface area contributed by atoms with Crippen LogP contribution in [0.3, 0.4) is 0 Å². The van der Waals surface area contributed by atoms with Crippen LogP contribution in [-0.4, -0.2) is 24.4 Å². The lowest BCUT2D eigenvalue weighted by Gasteiger charge is -2.18. The van der Waals surface area contributed by atoms with Gasteiger partial charge in [-0.25, -0.2) is 8.78 Å². The number of carbonyl (C=O) groups is 1. The van der Waals surface area contributed by atoms with E-state index in [1.807, 2.05) is 0 Å². The summed E-state index contributed by atoms with van der Waals surface area (Å²) in [6.45, 7) is 0.394. The first-order valence-corrected chi connectivity index (χ1v) is 7.28. The maximum Gasteiger partial charge on any atom is 0.255 e. The normalized spacial score (nSPS) is 10.6. The van der Waals surface area contributed by atoms with Crippen LogP contribution in [0.5, 0.6) is 0 Å². The summed E-state index contributed by atoms with van der Waals surface area (Å²) >= 11 is 11.5. The minimum Gasteiger partial charge on any atom is -0.341 e. The second kappa shape index (κ2) is 7.07. The van der Waals surface area contributed by atoms with Crippen molar-refractivity contribution in [3.8, 4) is 0 Å². The lowest BCUT2D eigenvalue weighted by Crippen LogP contribution is -2.29. The van der Waals surface area contributed by atoms with Gasteiger partial charge in [0.15, 0.2) is 0 Å². The summed E-state index contributed by atoms with van der Waals surface area (Å²) in [5, 5.41) is -0.0273. The van der Waals surface area contributed by atoms with Crippen LogP contribution in [0.2, 0.25) is 10.0 Å². The van der Waals surface area contributed by atoms with E-state index in [-0.39, 0.29) is 21.4 Å². The van der Waals surface area contributed by atoms with E-state index in [0.717, 1.165) is 11.6 Å². The van der Waals surface area contributed by atoms with Crippen molar-refractivity contribution >= 4 is 29.1 Å². The molecule has 1 amide bonds. The van der Waals surface area contributed by atoms with E-state index in [1.54, 1.807) is 19.2 Å². The Bertz CT molecular complexity index is 689. The zero-order chi connectivity index (χ0) is 16.3. The zero-order valence-electron chi connectivity index (χ0n) is 11.7. The second-order valence-electron chi connectivity index (χ2n) is 4.85. The van der Waals surface area contributed by atoms with Crippen LogP contribution in [0, 0.1) is 11.6 Å². The Kier molecular flexibility index (Phi) is 5.37. The van der Waals surface area contributed by atoms with E-state index >= 15 is 0 Å². The quantitative estimate of drug-likeness (QED) is 0.743. The Balaban J connectivity index is 2.06. The molecule has 2 aromatic carbocycles. The molecule has 0 spiro atoms. The molecule has 116 valence electrons. The average Bonchev–Trinajstić information content (AvgIpc) is 2.49. The number of rotatable bonds is 4. The molecule has 22 heavy (non-hydrogen) atoms. The van der Waals surface area contributed by atoms with Crippen LogP contribution in [0.25, 0.3) is 0 Å². The van der Waals surface area contributed by atoms with Gasteiger partial charge in [-0.2, -0.15) is 0 Å². The van der Waals surface area contributed by atoms with Crippen LogP contribution in [0.4, 0.5) is 8.78 Å². The Hall–Kier alpha value is -1.65. The molecule has 0 radical (unpaired) electrons. The monoisotopic (exact) mass is 343 g/mol. The highest BCUT2D eigenvalue weighted by Gasteiger charge is 2.17. The van der Waals surface area contributed by atoms with E-state index in [4.69, 9.17) is 23.2 Å². The van der Waals surface area contributed by atoms with Crippen LogP contribution < -0.4 is 0 Å². The van der Waals surface area contributed by atoms with E-state index in [0.29, 0.717) is 13.0 Å². The van der Waals surface area contributed by atoms with Crippen molar-refractivity contribution in [1.29, 1.82) is 0 Å². The first-order chi connectivity index (χ1) is 10.4. The molecule has 2 aromatic rings. The highest BCUT2D eigenvalue weighted by molar-refractivity contribution is 6.36. The number of benzene rings is 2. The molecule has 0 aliphatic rings. The number of halogens is 4. The van der Waals surface area contributed by atoms with Gasteiger partial charge in [-0.3, -0.25) is 4.79 Å². The van der Waals surface area contributed by atoms with Gasteiger partial charge in [0.05, 0.1) is 15.6 Å². The van der Waals surface area contributed by atoms with Gasteiger partial charge >= 0.3 is 0 Å². The lowest BCUT2D eigenvalue weighted by molar-refractivity contribution is 0.0796. The molecule has 2 rings (SSSR count). The molecule has 0 saturated heterocycles. The van der Waals surface area contributed by atoms with Crippen molar-refractivity contribution < 1.29 is 13.6 Å². The molecule has 0 saturated carbocycles. The van der Waals surface area contributed by atoms with Gasteiger partial charge in [0.25, 0.3) is 5.91 Å². The maximum atomic E-state index is 13.5. The summed E-state index contributed by atoms with van der Waals surface area (Å²) in [7, 11) is 1.59. The Morgan fingerprint density at radius 3 is 2.36 bits per heavy atom. The van der Waals surface area contributed by atoms with E-state index < -0.39 is 11.7 Å². The molecule has 0 bridgehead atoms. The zero-order valence-corrected chi connectivity index (χ0v) is 13.3. The third-order valence-electron chi connectivity index (χ3n) is 3.24. The summed E-state index contributed by atoms with van der Waals surface area (Å²) < 4.78 is 26.3. The van der Waals surface area contributed by atoms with Crippen LogP contribution >= 0.6 is 23.2 Å². The highest BCUT2D eigenvalue weighted by Crippen LogP contribution is 2.25. The summed E-state index contributed by atoms with van der Waals surface area (Å²) in [5.74, 6) is -1.40. The first kappa shape index (κ1) is 16.7. The first-order valence-electron chi connectivity index (χ1n) is 6.53. The fraction of sp³-hybridized carbons (Fsp3) is 0.188. The maximum absolute atomic E-state index is 13.5. The smallest absolute Gasteiger partial charge is 0.255 e. The summed E-state index contributed by atoms with van der Waals surface area (Å²) in [4.78, 5) is 13.7. The van der Waals surface area contributed by atoms with E-state index in [9.17, 15) is 13.6 Å². The van der Waals surface area contributed by atoms with Gasteiger partial charge < -0.3 is 4.90 Å². The number of hydrogen-bond donors (Lipinski definition) is 0. The summed E-state index contributed by atoms with van der Waals surface area (Å²) in [6.07, 6.45) is 0.552. The number of likely N-dealkylation sites (N-methyl/N-ethyl adjacent to an activating group) is 1. The number of carbonyl (C=O) groups excluding carboxylic acids is 1. The molecule has 0 fully saturated rings. The number of hydrogen-bond acceptors (Lipinski definition) is 1. The van der Waals surface area contributed by atoms with E-state index in [1.165, 1.54) is 23.1 Å². The predicted octanol–water partition coefficient (Wildman–Crippen LogP) is 4.59. The molecule has 0 aromatic heterocycles. The predicted molar refractivity (Wildman–Crippen MR) is 83.5 cm³/mol. The molecule has 0 N–H and O–H groups in total. The highest BCUT2D eigenvalue weighted by atomic mass is 35.5. The summed E-state index contributed by atoms with van der Waals surface area (Å²) in [6, 6.07) is 8.28. The van der Waals surface area contributed by atoms with Gasteiger partial charge in [-0.1, -0.05) is 35.3 Å². The standard InChI is InChI=1S/C16H13Cl2F2NO/c1-21(7-6-10-2-4-11(19)5-3-10)16(22)12-8-15(20)14(18)9-13(12)17/h2-5,8-9H,6-7H2,1H3. The van der Waals surface area contributed by atoms with Gasteiger partial charge in [0, 0.05) is 13.6 Å². The van der Waals surface area contributed by atoms with Crippen LogP contribution in [-0.2, 0) is 6.42 Å². The number of nitrogens with zero attached hydrogens (tertiary/aromatic N) is 1. The molecule has 0 unspecified atom stereocenters. The molecule has 0 aliphatic heterocycles. The Morgan fingerprint density at radius 2 is 1.73 bits per heavy atom. The third-order valence-corrected chi connectivity index (χ3v) is 3.84. The second-order valence-corrected chi connectivity index (χ2v) is 5.66. The fourth-order valence-electron chi connectivity index (χ4n) is 1.94. The fourth-order valence-corrected chi connectivity index (χ4v) is 2.41. The van der Waals surface area contributed by atoms with Crippen LogP contribution in [0.15, 0.2) is 36.4 Å². The average molecular weight is 344 g/mol. The molecule has 0 atom stereocenters. The van der Waals surface area contributed by atoms with E-state index in [2.05, 4.69) is 0 Å². The van der Waals surface area contributed by atoms with Crippen LogP contribution in [0.1, 0.15) is 15.9 Å². The third kappa shape index (κ3) is 3.96. The van der Waals surface area contributed by atoms with Gasteiger partial charge in [0.2, 0.25) is 0 Å². The Labute approximate surface area is 137 Å². The van der Waals surface area contributed by atoms with Gasteiger partial charge in [-0.15, -0.1) is 0 Å². The Morgan fingerprint density at radius 1 is 1.09 bits per heavy atom. The molecule has 0 heterocycles. The summed E-state index contributed by atoms with van der Waals surface area (Å²) in [5.41, 5.74) is 0.958. The molecule has 2 nitrogen and oxygen atoms in total. The molecule has 6 heteroatoms. The van der Waals surface area contributed by atoms with Crippen molar-refractivity contribution in [2.24, 2.45) is 0 Å². The van der Waals surface area contributed by atoms with Crippen molar-refractivity contribution in [2.45, 2.75) is 6.42 Å². The lowest BCUT2D eigenvalue weighted by atomic mass is 10.1. The van der Waals surface area contributed by atoms with Gasteiger partial charge in [0.1, 0.15) is 11.6 Å². The van der Waals surface area contributed by atoms with Crippen molar-refractivity contribution in [2.75, 3.05) is 13.6 Å². The molecule has 0 aliphatic carbocycles. The van der Waals surface area contributed by atoms with Crippen molar-refractivity contribution in [3.63, 3.8) is 0 Å². The molecular weight excluding hydrogens is 331 g/mol. The minimum atomic E-state index is -0.693. The van der Waals surface area contributed by atoms with Crippen molar-refractivity contribution in [1.82, 2.24) is 4.90 Å². The number of amides is 1. The van der Waals surface area contributed by atoms with Gasteiger partial charge in [-0.05, 0) is 36.2 Å². The minimum absolute atomic E-state index is 0.0603. The SMILES string of the molecule is CN(CCc1ccc(F)cc1)C(=O)c1cc(F)c(Cl)cc1Cl. The topological polar surface area (TPSA) is 20.3 Å². The largest absolute Gasteiger partial charge is 0.341 e. The molecular formula is C16H13Cl2F2NO.